The molecule has 0 saturated heterocycles. The van der Waals surface area contributed by atoms with Crippen LogP contribution in [0.5, 0.6) is 0 Å². The van der Waals surface area contributed by atoms with Crippen LogP contribution in [-0.4, -0.2) is 58.9 Å². The zero-order valence-electron chi connectivity index (χ0n) is 18.8. The third kappa shape index (κ3) is 4.56. The van der Waals surface area contributed by atoms with Crippen molar-refractivity contribution in [2.45, 2.75) is 31.7 Å². The number of fused-ring (bicyclic) bond motifs is 1. The Hall–Kier alpha value is -3.02. The highest BCUT2D eigenvalue weighted by molar-refractivity contribution is 7.89. The molecule has 0 aliphatic carbocycles. The van der Waals surface area contributed by atoms with Crippen LogP contribution in [0.3, 0.4) is 0 Å². The number of hydrogen-bond acceptors (Lipinski definition) is 7. The molecule has 0 unspecified atom stereocenters. The second kappa shape index (κ2) is 9.08. The lowest BCUT2D eigenvalue weighted by molar-refractivity contribution is 0.0629. The Morgan fingerprint density at radius 1 is 1.18 bits per heavy atom. The summed E-state index contributed by atoms with van der Waals surface area (Å²) in [6.45, 7) is 4.45. The molecule has 4 aromatic rings. The number of nitrogens with zero attached hydrogens (tertiary/aromatic N) is 5. The molecule has 174 valence electrons. The average Bonchev–Trinajstić information content (AvgIpc) is 3.50. The lowest BCUT2D eigenvalue weighted by Gasteiger charge is -2.11. The average molecular weight is 488 g/mol. The number of thiophene rings is 1. The van der Waals surface area contributed by atoms with Gasteiger partial charge in [0.05, 0.1) is 4.90 Å². The highest BCUT2D eigenvalue weighted by Crippen LogP contribution is 2.20. The summed E-state index contributed by atoms with van der Waals surface area (Å²) in [5.41, 5.74) is 3.33. The van der Waals surface area contributed by atoms with E-state index in [1.807, 2.05) is 26.0 Å². The van der Waals surface area contributed by atoms with Crippen molar-refractivity contribution in [1.82, 2.24) is 24.0 Å². The first-order valence-corrected chi connectivity index (χ1v) is 12.6. The van der Waals surface area contributed by atoms with Crippen molar-refractivity contribution in [3.8, 4) is 0 Å². The molecule has 0 N–H and O–H groups in total. The van der Waals surface area contributed by atoms with Gasteiger partial charge in [-0.05, 0) is 61.2 Å². The van der Waals surface area contributed by atoms with E-state index in [-0.39, 0.29) is 17.3 Å². The van der Waals surface area contributed by atoms with Crippen LogP contribution in [0.4, 0.5) is 0 Å². The molecule has 0 aliphatic rings. The predicted octanol–water partition coefficient (Wildman–Crippen LogP) is 2.72. The van der Waals surface area contributed by atoms with Crippen molar-refractivity contribution in [1.29, 1.82) is 0 Å². The SMILES string of the molecule is Cc1cc(C(=O)COn2nnc3ccc(S(=O)(=O)N(C)C)cc32)c(C)n1CCc1cccs1. The van der Waals surface area contributed by atoms with E-state index in [0.717, 1.165) is 33.5 Å². The summed E-state index contributed by atoms with van der Waals surface area (Å²) in [6, 6.07) is 10.5. The highest BCUT2D eigenvalue weighted by atomic mass is 32.2. The van der Waals surface area contributed by atoms with Gasteiger partial charge in [0.2, 0.25) is 15.8 Å². The maximum atomic E-state index is 12.9. The normalized spacial score (nSPS) is 12.0. The van der Waals surface area contributed by atoms with Gasteiger partial charge in [-0.3, -0.25) is 4.79 Å². The number of ketones is 1. The molecular formula is C22H25N5O4S2. The van der Waals surface area contributed by atoms with Gasteiger partial charge in [0, 0.05) is 42.5 Å². The summed E-state index contributed by atoms with van der Waals surface area (Å²) >= 11 is 1.72. The Balaban J connectivity index is 1.50. The van der Waals surface area contributed by atoms with Crippen molar-refractivity contribution in [2.75, 3.05) is 20.7 Å². The molecular weight excluding hydrogens is 462 g/mol. The Morgan fingerprint density at radius 2 is 1.97 bits per heavy atom. The molecule has 0 amide bonds. The van der Waals surface area contributed by atoms with Crippen molar-refractivity contribution in [3.05, 3.63) is 63.6 Å². The molecule has 3 aromatic heterocycles. The molecule has 33 heavy (non-hydrogen) atoms. The molecule has 3 heterocycles. The summed E-state index contributed by atoms with van der Waals surface area (Å²) in [5, 5.41) is 9.96. The zero-order chi connectivity index (χ0) is 23.8. The van der Waals surface area contributed by atoms with Gasteiger partial charge in [-0.15, -0.1) is 16.4 Å². The van der Waals surface area contributed by atoms with Gasteiger partial charge in [-0.1, -0.05) is 10.9 Å². The fourth-order valence-corrected chi connectivity index (χ4v) is 5.27. The number of Topliss-reactive ketones (excluding diaryl/α,β-unsaturated/α-hetero) is 1. The number of benzene rings is 1. The second-order valence-electron chi connectivity index (χ2n) is 7.86. The zero-order valence-corrected chi connectivity index (χ0v) is 20.5. The van der Waals surface area contributed by atoms with Crippen LogP contribution in [0.15, 0.2) is 46.7 Å². The fourth-order valence-electron chi connectivity index (χ4n) is 3.65. The number of aromatic nitrogens is 4. The van der Waals surface area contributed by atoms with Crippen LogP contribution in [0.25, 0.3) is 11.0 Å². The maximum absolute atomic E-state index is 12.9. The van der Waals surface area contributed by atoms with Crippen molar-refractivity contribution >= 4 is 38.2 Å². The molecule has 1 aromatic carbocycles. The van der Waals surface area contributed by atoms with E-state index in [2.05, 4.69) is 26.3 Å². The fraction of sp³-hybridized carbons (Fsp3) is 0.318. The van der Waals surface area contributed by atoms with Crippen LogP contribution in [0.1, 0.15) is 26.6 Å². The van der Waals surface area contributed by atoms with E-state index >= 15 is 0 Å². The molecule has 0 atom stereocenters. The Bertz CT molecular complexity index is 1400. The number of sulfonamides is 1. The largest absolute Gasteiger partial charge is 0.387 e. The lowest BCUT2D eigenvalue weighted by Crippen LogP contribution is -2.23. The van der Waals surface area contributed by atoms with Crippen LogP contribution < -0.4 is 4.84 Å². The van der Waals surface area contributed by atoms with E-state index in [4.69, 9.17) is 4.84 Å². The molecule has 0 bridgehead atoms. The molecule has 0 radical (unpaired) electrons. The number of hydrogen-bond donors (Lipinski definition) is 0. The molecule has 0 aliphatic heterocycles. The first-order chi connectivity index (χ1) is 15.7. The summed E-state index contributed by atoms with van der Waals surface area (Å²) in [5.74, 6) is -0.189. The number of carbonyl (C=O) groups is 1. The molecule has 0 fully saturated rings. The van der Waals surface area contributed by atoms with Gasteiger partial charge in [0.1, 0.15) is 11.0 Å². The smallest absolute Gasteiger partial charge is 0.242 e. The van der Waals surface area contributed by atoms with Crippen LogP contribution >= 0.6 is 11.3 Å². The number of rotatable bonds is 9. The van der Waals surface area contributed by atoms with Crippen molar-refractivity contribution in [3.63, 3.8) is 0 Å². The minimum Gasteiger partial charge on any atom is -0.387 e. The summed E-state index contributed by atoms with van der Waals surface area (Å²) in [6.07, 6.45) is 0.904. The van der Waals surface area contributed by atoms with E-state index in [0.29, 0.717) is 16.6 Å². The predicted molar refractivity (Wildman–Crippen MR) is 126 cm³/mol. The highest BCUT2D eigenvalue weighted by Gasteiger charge is 2.20. The van der Waals surface area contributed by atoms with Gasteiger partial charge in [0.25, 0.3) is 0 Å². The monoisotopic (exact) mass is 487 g/mol. The van der Waals surface area contributed by atoms with E-state index < -0.39 is 10.0 Å². The first kappa shape index (κ1) is 23.1. The minimum absolute atomic E-state index is 0.0905. The van der Waals surface area contributed by atoms with Gasteiger partial charge in [-0.2, -0.15) is 0 Å². The number of carbonyl (C=O) groups excluding carboxylic acids is 1. The third-order valence-corrected chi connectivity index (χ3v) is 8.27. The second-order valence-corrected chi connectivity index (χ2v) is 11.0. The van der Waals surface area contributed by atoms with Crippen molar-refractivity contribution in [2.24, 2.45) is 0 Å². The Morgan fingerprint density at radius 3 is 2.67 bits per heavy atom. The van der Waals surface area contributed by atoms with Crippen molar-refractivity contribution < 1.29 is 18.0 Å². The van der Waals surface area contributed by atoms with Gasteiger partial charge in [-0.25, -0.2) is 12.7 Å². The minimum atomic E-state index is -3.63. The maximum Gasteiger partial charge on any atom is 0.242 e. The van der Waals surface area contributed by atoms with E-state index in [1.165, 1.54) is 31.1 Å². The Labute approximate surface area is 196 Å². The van der Waals surface area contributed by atoms with Crippen LogP contribution in [0, 0.1) is 13.8 Å². The standard InChI is InChI=1S/C22H25N5O4S2/c1-15-12-19(16(2)26(15)10-9-17-6-5-11-32-17)22(28)14-31-27-21-13-18(33(29,30)25(3)4)7-8-20(21)23-24-27/h5-8,11-13H,9-10,14H2,1-4H3. The van der Waals surface area contributed by atoms with Gasteiger partial charge >= 0.3 is 0 Å². The third-order valence-electron chi connectivity index (χ3n) is 5.52. The number of aryl methyl sites for hydroxylation is 2. The molecule has 9 nitrogen and oxygen atoms in total. The van der Waals surface area contributed by atoms with E-state index in [9.17, 15) is 13.2 Å². The topological polar surface area (TPSA) is 99.3 Å². The quantitative estimate of drug-likeness (QED) is 0.337. The van der Waals surface area contributed by atoms with Crippen LogP contribution in [-0.2, 0) is 23.0 Å². The van der Waals surface area contributed by atoms with Gasteiger partial charge in [0.15, 0.2) is 6.61 Å². The van der Waals surface area contributed by atoms with Crippen LogP contribution in [0.2, 0.25) is 0 Å². The molecule has 0 saturated carbocycles. The molecule has 4 rings (SSSR count). The molecule has 11 heteroatoms. The lowest BCUT2D eigenvalue weighted by atomic mass is 10.1. The summed E-state index contributed by atoms with van der Waals surface area (Å²) in [7, 11) is -0.708. The summed E-state index contributed by atoms with van der Waals surface area (Å²) < 4.78 is 28.1. The molecule has 0 spiro atoms. The Kier molecular flexibility index (Phi) is 6.37. The van der Waals surface area contributed by atoms with Gasteiger partial charge < -0.3 is 9.40 Å². The first-order valence-electron chi connectivity index (χ1n) is 10.3. The van der Waals surface area contributed by atoms with E-state index in [1.54, 1.807) is 17.4 Å². The summed E-state index contributed by atoms with van der Waals surface area (Å²) in [4.78, 5) is 21.0.